The third kappa shape index (κ3) is 2.94. The number of hydrogen-bond donors (Lipinski definition) is 0. The lowest BCUT2D eigenvalue weighted by Gasteiger charge is -2.10. The van der Waals surface area contributed by atoms with Gasteiger partial charge in [-0.05, 0) is 38.1 Å². The molecule has 4 rings (SSSR count). The number of rotatable bonds is 4. The van der Waals surface area contributed by atoms with Gasteiger partial charge in [0.2, 0.25) is 0 Å². The van der Waals surface area contributed by atoms with Gasteiger partial charge in [0.05, 0.1) is 17.6 Å². The number of benzene rings is 2. The minimum atomic E-state index is 0.670. The summed E-state index contributed by atoms with van der Waals surface area (Å²) in [6.45, 7) is 5.76. The topological polar surface area (TPSA) is 35.6 Å². The highest BCUT2D eigenvalue weighted by atomic mass is 35.5. The van der Waals surface area contributed by atoms with Crippen molar-refractivity contribution >= 4 is 22.6 Å². The molecule has 25 heavy (non-hydrogen) atoms. The van der Waals surface area contributed by atoms with E-state index in [9.17, 15) is 0 Å². The molecule has 126 valence electrons. The van der Waals surface area contributed by atoms with Crippen molar-refractivity contribution in [2.45, 2.75) is 26.9 Å². The largest absolute Gasteiger partial charge is 0.327 e. The van der Waals surface area contributed by atoms with E-state index in [2.05, 4.69) is 52.2 Å². The van der Waals surface area contributed by atoms with Gasteiger partial charge in [-0.2, -0.15) is 0 Å². The highest BCUT2D eigenvalue weighted by Crippen LogP contribution is 2.23. The van der Waals surface area contributed by atoms with E-state index in [4.69, 9.17) is 16.6 Å². The Labute approximate surface area is 151 Å². The number of hydrogen-bond acceptors (Lipinski definition) is 2. The Bertz CT molecular complexity index is 1040. The van der Waals surface area contributed by atoms with Gasteiger partial charge in [-0.25, -0.2) is 9.97 Å². The van der Waals surface area contributed by atoms with Crippen LogP contribution in [0, 0.1) is 6.92 Å². The van der Waals surface area contributed by atoms with Gasteiger partial charge >= 0.3 is 0 Å². The highest BCUT2D eigenvalue weighted by molar-refractivity contribution is 6.31. The van der Waals surface area contributed by atoms with E-state index in [1.165, 1.54) is 5.56 Å². The molecule has 2 heterocycles. The van der Waals surface area contributed by atoms with Crippen LogP contribution in [0.1, 0.15) is 18.3 Å². The van der Waals surface area contributed by atoms with Gasteiger partial charge in [0.25, 0.3) is 0 Å². The maximum absolute atomic E-state index is 6.12. The molecule has 5 heteroatoms. The van der Waals surface area contributed by atoms with E-state index in [0.717, 1.165) is 34.8 Å². The lowest BCUT2D eigenvalue weighted by atomic mass is 10.1. The first-order valence-electron chi connectivity index (χ1n) is 8.38. The lowest BCUT2D eigenvalue weighted by molar-refractivity contribution is 0.667. The average molecular weight is 351 g/mol. The zero-order valence-corrected chi connectivity index (χ0v) is 15.0. The van der Waals surface area contributed by atoms with E-state index in [1.807, 2.05) is 30.6 Å². The quantitative estimate of drug-likeness (QED) is 0.523. The minimum Gasteiger partial charge on any atom is -0.327 e. The Morgan fingerprint density at radius 1 is 1.12 bits per heavy atom. The lowest BCUT2D eigenvalue weighted by Crippen LogP contribution is -2.08. The molecule has 0 spiro atoms. The molecule has 0 saturated carbocycles. The van der Waals surface area contributed by atoms with E-state index in [-0.39, 0.29) is 0 Å². The summed E-state index contributed by atoms with van der Waals surface area (Å²) in [6.07, 6.45) is 3.84. The van der Waals surface area contributed by atoms with Crippen LogP contribution in [-0.2, 0) is 13.1 Å². The zero-order valence-electron chi connectivity index (χ0n) is 14.3. The minimum absolute atomic E-state index is 0.670. The van der Waals surface area contributed by atoms with Crippen LogP contribution in [-0.4, -0.2) is 19.1 Å². The van der Waals surface area contributed by atoms with Crippen LogP contribution >= 0.6 is 11.6 Å². The van der Waals surface area contributed by atoms with Crippen LogP contribution in [0.4, 0.5) is 0 Å². The smallest absolute Gasteiger partial charge is 0.140 e. The maximum atomic E-state index is 6.12. The fraction of sp³-hybridized carbons (Fsp3) is 0.200. The molecule has 0 unspecified atom stereocenters. The third-order valence-corrected chi connectivity index (χ3v) is 4.64. The molecule has 0 aliphatic carbocycles. The van der Waals surface area contributed by atoms with Crippen molar-refractivity contribution in [2.75, 3.05) is 0 Å². The van der Waals surface area contributed by atoms with Gasteiger partial charge < -0.3 is 9.13 Å². The fourth-order valence-corrected chi connectivity index (χ4v) is 3.43. The predicted octanol–water partition coefficient (Wildman–Crippen LogP) is 4.93. The molecule has 2 aromatic carbocycles. The van der Waals surface area contributed by atoms with Gasteiger partial charge in [0.1, 0.15) is 11.6 Å². The van der Waals surface area contributed by atoms with Crippen molar-refractivity contribution in [3.8, 4) is 11.4 Å². The summed E-state index contributed by atoms with van der Waals surface area (Å²) in [7, 11) is 0. The molecule has 4 nitrogen and oxygen atoms in total. The molecule has 0 N–H and O–H groups in total. The third-order valence-electron chi connectivity index (χ3n) is 4.41. The summed E-state index contributed by atoms with van der Waals surface area (Å²) >= 11 is 6.12. The number of imidazole rings is 2. The van der Waals surface area contributed by atoms with E-state index in [0.29, 0.717) is 11.6 Å². The molecular weight excluding hydrogens is 332 g/mol. The van der Waals surface area contributed by atoms with Crippen LogP contribution < -0.4 is 0 Å². The van der Waals surface area contributed by atoms with Crippen LogP contribution in [0.5, 0.6) is 0 Å². The Morgan fingerprint density at radius 3 is 2.80 bits per heavy atom. The Balaban J connectivity index is 1.77. The Kier molecular flexibility index (Phi) is 4.06. The first kappa shape index (κ1) is 15.9. The second kappa shape index (κ2) is 6.37. The second-order valence-corrected chi connectivity index (χ2v) is 6.59. The van der Waals surface area contributed by atoms with Crippen molar-refractivity contribution in [3.63, 3.8) is 0 Å². The van der Waals surface area contributed by atoms with E-state index in [1.54, 1.807) is 0 Å². The highest BCUT2D eigenvalue weighted by Gasteiger charge is 2.13. The molecule has 0 saturated heterocycles. The second-order valence-electron chi connectivity index (χ2n) is 6.15. The average Bonchev–Trinajstić information content (AvgIpc) is 3.18. The van der Waals surface area contributed by atoms with Crippen molar-refractivity contribution < 1.29 is 0 Å². The first-order chi connectivity index (χ1) is 12.2. The molecular formula is C20H19ClN4. The molecule has 4 aromatic rings. The Morgan fingerprint density at radius 2 is 2.00 bits per heavy atom. The summed E-state index contributed by atoms with van der Waals surface area (Å²) < 4.78 is 4.37. The summed E-state index contributed by atoms with van der Waals surface area (Å²) in [5, 5.41) is 0.711. The maximum Gasteiger partial charge on any atom is 0.140 e. The number of halogens is 1. The molecule has 0 fully saturated rings. The number of aryl methyl sites for hydroxylation is 2. The fourth-order valence-electron chi connectivity index (χ4n) is 3.26. The molecule has 0 bridgehead atoms. The van der Waals surface area contributed by atoms with Crippen LogP contribution in [0.3, 0.4) is 0 Å². The molecule has 0 atom stereocenters. The van der Waals surface area contributed by atoms with Crippen molar-refractivity contribution in [3.05, 3.63) is 71.3 Å². The summed E-state index contributed by atoms with van der Waals surface area (Å²) in [4.78, 5) is 9.35. The normalized spacial score (nSPS) is 11.3. The molecule has 0 amide bonds. The number of nitrogens with zero attached hydrogens (tertiary/aromatic N) is 4. The molecule has 0 aliphatic heterocycles. The summed E-state index contributed by atoms with van der Waals surface area (Å²) in [5.41, 5.74) is 4.38. The first-order valence-corrected chi connectivity index (χ1v) is 8.76. The van der Waals surface area contributed by atoms with E-state index >= 15 is 0 Å². The van der Waals surface area contributed by atoms with Gasteiger partial charge in [-0.1, -0.05) is 35.4 Å². The summed E-state index contributed by atoms with van der Waals surface area (Å²) in [5.74, 6) is 1.96. The van der Waals surface area contributed by atoms with Gasteiger partial charge in [-0.15, -0.1) is 0 Å². The predicted molar refractivity (Wildman–Crippen MR) is 102 cm³/mol. The SMILES string of the molecule is CCn1c(Cn2ccnc2-c2cccc(C)c2)nc2cc(Cl)ccc21. The summed E-state index contributed by atoms with van der Waals surface area (Å²) in [6, 6.07) is 14.3. The van der Waals surface area contributed by atoms with Crippen molar-refractivity contribution in [2.24, 2.45) is 0 Å². The van der Waals surface area contributed by atoms with Crippen LogP contribution in [0.15, 0.2) is 54.9 Å². The van der Waals surface area contributed by atoms with Crippen molar-refractivity contribution in [1.82, 2.24) is 19.1 Å². The molecule has 2 aromatic heterocycles. The monoisotopic (exact) mass is 350 g/mol. The van der Waals surface area contributed by atoms with Gasteiger partial charge in [0, 0.05) is 29.5 Å². The molecule has 0 aliphatic rings. The number of aromatic nitrogens is 4. The van der Waals surface area contributed by atoms with Crippen LogP contribution in [0.25, 0.3) is 22.4 Å². The zero-order chi connectivity index (χ0) is 17.4. The van der Waals surface area contributed by atoms with Crippen molar-refractivity contribution in [1.29, 1.82) is 0 Å². The van der Waals surface area contributed by atoms with Crippen LogP contribution in [0.2, 0.25) is 5.02 Å². The number of fused-ring (bicyclic) bond motifs is 1. The molecule has 0 radical (unpaired) electrons. The van der Waals surface area contributed by atoms with Gasteiger partial charge in [0.15, 0.2) is 0 Å². The Hall–Kier alpha value is -2.59. The van der Waals surface area contributed by atoms with E-state index < -0.39 is 0 Å². The van der Waals surface area contributed by atoms with Gasteiger partial charge in [-0.3, -0.25) is 0 Å². The standard InChI is InChI=1S/C20H19ClN4/c1-3-25-18-8-7-16(21)12-17(18)23-19(25)13-24-10-9-22-20(24)15-6-4-5-14(2)11-15/h4-12H,3,13H2,1-2H3.